The Kier molecular flexibility index (Phi) is 3.81. The summed E-state index contributed by atoms with van der Waals surface area (Å²) in [7, 11) is 1.58. The highest BCUT2D eigenvalue weighted by molar-refractivity contribution is 6.26. The van der Waals surface area contributed by atoms with Gasteiger partial charge in [-0.1, -0.05) is 24.3 Å². The molecule has 1 aliphatic heterocycles. The fraction of sp³-hybridized carbons (Fsp3) is 0.294. The predicted octanol–water partition coefficient (Wildman–Crippen LogP) is 1.95. The highest BCUT2D eigenvalue weighted by Gasteiger charge is 2.35. The summed E-state index contributed by atoms with van der Waals surface area (Å²) >= 11 is 0. The van der Waals surface area contributed by atoms with Gasteiger partial charge >= 0.3 is 0 Å². The third-order valence-electron chi connectivity index (χ3n) is 3.96. The Morgan fingerprint density at radius 3 is 2.73 bits per heavy atom. The highest BCUT2D eigenvalue weighted by atomic mass is 16.5. The molecule has 1 aliphatic rings. The number of methoxy groups -OCH3 is 1. The molecule has 1 N–H and O–H groups in total. The van der Waals surface area contributed by atoms with Crippen LogP contribution in [0.1, 0.15) is 17.3 Å². The second-order valence-corrected chi connectivity index (χ2v) is 5.32. The summed E-state index contributed by atoms with van der Waals surface area (Å²) in [4.78, 5) is 26.5. The number of benzene rings is 2. The second-order valence-electron chi connectivity index (χ2n) is 5.32. The van der Waals surface area contributed by atoms with Gasteiger partial charge in [0.1, 0.15) is 6.04 Å². The number of rotatable bonds is 5. The minimum Gasteiger partial charge on any atom is -0.383 e. The molecule has 0 bridgehead atoms. The van der Waals surface area contributed by atoms with Crippen molar-refractivity contribution in [2.75, 3.05) is 25.2 Å². The Bertz CT molecular complexity index is 737. The first-order valence-corrected chi connectivity index (χ1v) is 7.27. The van der Waals surface area contributed by atoms with Crippen molar-refractivity contribution in [3.8, 4) is 0 Å². The SMILES string of the molecule is COCCNC(=O)[C@H](C)N1C(=O)c2cccc3cccc1c23. The summed E-state index contributed by atoms with van der Waals surface area (Å²) in [6.07, 6.45) is 0. The molecule has 0 saturated carbocycles. The molecule has 0 aliphatic carbocycles. The van der Waals surface area contributed by atoms with E-state index in [-0.39, 0.29) is 11.8 Å². The molecule has 0 saturated heterocycles. The van der Waals surface area contributed by atoms with Crippen LogP contribution in [-0.4, -0.2) is 38.1 Å². The molecule has 0 spiro atoms. The summed E-state index contributed by atoms with van der Waals surface area (Å²) in [5.74, 6) is -0.309. The lowest BCUT2D eigenvalue weighted by Crippen LogP contribution is -2.47. The predicted molar refractivity (Wildman–Crippen MR) is 85.1 cm³/mol. The lowest BCUT2D eigenvalue weighted by molar-refractivity contribution is -0.122. The maximum absolute atomic E-state index is 12.7. The molecule has 0 radical (unpaired) electrons. The van der Waals surface area contributed by atoms with Crippen molar-refractivity contribution in [3.63, 3.8) is 0 Å². The van der Waals surface area contributed by atoms with Gasteiger partial charge < -0.3 is 10.1 Å². The van der Waals surface area contributed by atoms with E-state index in [0.717, 1.165) is 16.5 Å². The van der Waals surface area contributed by atoms with Gasteiger partial charge in [-0.15, -0.1) is 0 Å². The minimum absolute atomic E-state index is 0.124. The average Bonchev–Trinajstić information content (AvgIpc) is 2.82. The fourth-order valence-corrected chi connectivity index (χ4v) is 2.87. The maximum Gasteiger partial charge on any atom is 0.259 e. The van der Waals surface area contributed by atoms with Crippen LogP contribution in [0.3, 0.4) is 0 Å². The quantitative estimate of drug-likeness (QED) is 0.858. The van der Waals surface area contributed by atoms with Gasteiger partial charge in [0, 0.05) is 24.6 Å². The second kappa shape index (κ2) is 5.77. The van der Waals surface area contributed by atoms with E-state index in [1.807, 2.05) is 36.4 Å². The molecule has 5 nitrogen and oxygen atoms in total. The van der Waals surface area contributed by atoms with E-state index in [1.165, 1.54) is 0 Å². The number of hydrogen-bond acceptors (Lipinski definition) is 3. The molecule has 0 aromatic heterocycles. The number of amides is 2. The van der Waals surface area contributed by atoms with Crippen molar-refractivity contribution in [1.82, 2.24) is 5.32 Å². The van der Waals surface area contributed by atoms with Gasteiger partial charge in [0.25, 0.3) is 5.91 Å². The van der Waals surface area contributed by atoms with E-state index in [9.17, 15) is 9.59 Å². The van der Waals surface area contributed by atoms with Crippen LogP contribution < -0.4 is 10.2 Å². The van der Waals surface area contributed by atoms with Gasteiger partial charge in [-0.25, -0.2) is 0 Å². The Balaban J connectivity index is 1.92. The normalized spacial score (nSPS) is 14.5. The Hall–Kier alpha value is -2.40. The average molecular weight is 298 g/mol. The summed E-state index contributed by atoms with van der Waals surface area (Å²) in [6, 6.07) is 10.8. The monoisotopic (exact) mass is 298 g/mol. The van der Waals surface area contributed by atoms with E-state index in [0.29, 0.717) is 18.7 Å². The first kappa shape index (κ1) is 14.5. The Labute approximate surface area is 128 Å². The molecule has 1 heterocycles. The first-order chi connectivity index (χ1) is 10.6. The van der Waals surface area contributed by atoms with Crippen molar-refractivity contribution in [1.29, 1.82) is 0 Å². The van der Waals surface area contributed by atoms with Crippen LogP contribution in [0.15, 0.2) is 36.4 Å². The molecule has 0 unspecified atom stereocenters. The smallest absolute Gasteiger partial charge is 0.259 e. The largest absolute Gasteiger partial charge is 0.383 e. The first-order valence-electron chi connectivity index (χ1n) is 7.27. The summed E-state index contributed by atoms with van der Waals surface area (Å²) < 4.78 is 4.92. The van der Waals surface area contributed by atoms with E-state index in [2.05, 4.69) is 5.32 Å². The topological polar surface area (TPSA) is 58.6 Å². The van der Waals surface area contributed by atoms with Crippen molar-refractivity contribution in [3.05, 3.63) is 42.0 Å². The number of nitrogens with one attached hydrogen (secondary N) is 1. The van der Waals surface area contributed by atoms with Crippen molar-refractivity contribution in [2.45, 2.75) is 13.0 Å². The highest BCUT2D eigenvalue weighted by Crippen LogP contribution is 2.38. The summed E-state index contributed by atoms with van der Waals surface area (Å²) in [6.45, 7) is 2.62. The van der Waals surface area contributed by atoms with Crippen LogP contribution in [0.5, 0.6) is 0 Å². The molecule has 2 amide bonds. The van der Waals surface area contributed by atoms with Crippen molar-refractivity contribution < 1.29 is 14.3 Å². The van der Waals surface area contributed by atoms with Crippen molar-refractivity contribution in [2.24, 2.45) is 0 Å². The van der Waals surface area contributed by atoms with Crippen LogP contribution >= 0.6 is 0 Å². The van der Waals surface area contributed by atoms with Crippen LogP contribution in [0.4, 0.5) is 5.69 Å². The molecule has 22 heavy (non-hydrogen) atoms. The minimum atomic E-state index is -0.567. The van der Waals surface area contributed by atoms with E-state index in [4.69, 9.17) is 4.74 Å². The van der Waals surface area contributed by atoms with Crippen LogP contribution in [0.2, 0.25) is 0 Å². The van der Waals surface area contributed by atoms with Gasteiger partial charge in [0.05, 0.1) is 12.3 Å². The molecular formula is C17H18N2O3. The molecule has 1 atom stereocenters. The lowest BCUT2D eigenvalue weighted by Gasteiger charge is -2.24. The van der Waals surface area contributed by atoms with E-state index >= 15 is 0 Å². The lowest BCUT2D eigenvalue weighted by atomic mass is 10.1. The standard InChI is InChI=1S/C17H18N2O3/c1-11(16(20)18-9-10-22-2)19-14-8-4-6-12-5-3-7-13(15(12)14)17(19)21/h3-8,11H,9-10H2,1-2H3,(H,18,20)/t11-/m0/s1. The summed E-state index contributed by atoms with van der Waals surface area (Å²) in [5, 5.41) is 4.72. The number of hydrogen-bond donors (Lipinski definition) is 1. The van der Waals surface area contributed by atoms with Gasteiger partial charge in [0.15, 0.2) is 0 Å². The molecule has 5 heteroatoms. The number of anilines is 1. The third-order valence-corrected chi connectivity index (χ3v) is 3.96. The zero-order chi connectivity index (χ0) is 15.7. The van der Waals surface area contributed by atoms with Crippen LogP contribution in [0, 0.1) is 0 Å². The molecule has 2 aromatic rings. The van der Waals surface area contributed by atoms with Crippen LogP contribution in [0.25, 0.3) is 10.8 Å². The van der Waals surface area contributed by atoms with Gasteiger partial charge in [-0.3, -0.25) is 14.5 Å². The van der Waals surface area contributed by atoms with E-state index < -0.39 is 6.04 Å². The summed E-state index contributed by atoms with van der Waals surface area (Å²) in [5.41, 5.74) is 1.46. The van der Waals surface area contributed by atoms with Gasteiger partial charge in [-0.05, 0) is 24.4 Å². The third kappa shape index (κ3) is 2.23. The molecule has 114 valence electrons. The number of nitrogens with zero attached hydrogens (tertiary/aromatic N) is 1. The fourth-order valence-electron chi connectivity index (χ4n) is 2.87. The van der Waals surface area contributed by atoms with Crippen molar-refractivity contribution >= 4 is 28.3 Å². The number of carbonyl (C=O) groups excluding carboxylic acids is 2. The molecule has 2 aromatic carbocycles. The van der Waals surface area contributed by atoms with Gasteiger partial charge in [-0.2, -0.15) is 0 Å². The van der Waals surface area contributed by atoms with E-state index in [1.54, 1.807) is 18.9 Å². The van der Waals surface area contributed by atoms with Crippen LogP contribution in [-0.2, 0) is 9.53 Å². The molecule has 0 fully saturated rings. The number of ether oxygens (including phenoxy) is 1. The molecular weight excluding hydrogens is 280 g/mol. The zero-order valence-corrected chi connectivity index (χ0v) is 12.6. The zero-order valence-electron chi connectivity index (χ0n) is 12.6. The maximum atomic E-state index is 12.7. The van der Waals surface area contributed by atoms with Gasteiger partial charge in [0.2, 0.25) is 5.91 Å². The Morgan fingerprint density at radius 1 is 1.27 bits per heavy atom. The molecule has 3 rings (SSSR count). The number of carbonyl (C=O) groups is 2. The Morgan fingerprint density at radius 2 is 2.00 bits per heavy atom.